The smallest absolute Gasteiger partial charge is 0.147 e. The van der Waals surface area contributed by atoms with E-state index in [1.54, 1.807) is 21.0 Å². The van der Waals surface area contributed by atoms with Gasteiger partial charge in [-0.1, -0.05) is 24.3 Å². The van der Waals surface area contributed by atoms with E-state index in [4.69, 9.17) is 14.2 Å². The minimum Gasteiger partial charge on any atom is -0.386 e. The molecule has 0 saturated heterocycles. The van der Waals surface area contributed by atoms with Crippen LogP contribution in [-0.4, -0.2) is 32.2 Å². The van der Waals surface area contributed by atoms with Gasteiger partial charge in [-0.05, 0) is 25.0 Å². The van der Waals surface area contributed by atoms with Gasteiger partial charge in [0, 0.05) is 7.11 Å². The maximum Gasteiger partial charge on any atom is 0.147 e. The molecular formula is C14H22O4. The zero-order valence-electron chi connectivity index (χ0n) is 11.3. The summed E-state index contributed by atoms with van der Waals surface area (Å²) in [6.45, 7) is 5.40. The molecule has 0 atom stereocenters. The first-order valence-corrected chi connectivity index (χ1v) is 6.00. The average molecular weight is 254 g/mol. The van der Waals surface area contributed by atoms with Gasteiger partial charge in [0.2, 0.25) is 0 Å². The van der Waals surface area contributed by atoms with Gasteiger partial charge in [0.05, 0.1) is 25.4 Å². The maximum atomic E-state index is 9.81. The molecule has 18 heavy (non-hydrogen) atoms. The van der Waals surface area contributed by atoms with Gasteiger partial charge in [-0.25, -0.2) is 0 Å². The van der Waals surface area contributed by atoms with E-state index in [2.05, 4.69) is 0 Å². The Kier molecular flexibility index (Phi) is 6.29. The summed E-state index contributed by atoms with van der Waals surface area (Å²) in [6.07, 6.45) is 0. The molecule has 0 aromatic heterocycles. The molecular weight excluding hydrogens is 232 g/mol. The van der Waals surface area contributed by atoms with Crippen molar-refractivity contribution in [1.29, 1.82) is 0 Å². The van der Waals surface area contributed by atoms with Crippen molar-refractivity contribution in [2.24, 2.45) is 0 Å². The molecule has 1 aromatic rings. The van der Waals surface area contributed by atoms with Crippen LogP contribution >= 0.6 is 0 Å². The third kappa shape index (κ3) is 5.60. The Morgan fingerprint density at radius 1 is 1.06 bits per heavy atom. The summed E-state index contributed by atoms with van der Waals surface area (Å²) < 4.78 is 15.4. The van der Waals surface area contributed by atoms with Crippen molar-refractivity contribution in [3.63, 3.8) is 0 Å². The highest BCUT2D eigenvalue weighted by atomic mass is 16.7. The molecule has 0 saturated carbocycles. The standard InChI is InChI=1S/C14H22O4/c1-14(2,15)13-6-4-12(5-7-13)10-18-11-17-9-8-16-3/h4-7,15H,8-11H2,1-3H3. The van der Waals surface area contributed by atoms with Gasteiger partial charge in [-0.15, -0.1) is 0 Å². The van der Waals surface area contributed by atoms with E-state index in [0.717, 1.165) is 11.1 Å². The molecule has 0 aliphatic heterocycles. The van der Waals surface area contributed by atoms with Crippen molar-refractivity contribution in [3.05, 3.63) is 35.4 Å². The van der Waals surface area contributed by atoms with Crippen LogP contribution < -0.4 is 0 Å². The van der Waals surface area contributed by atoms with Crippen LogP contribution in [0.3, 0.4) is 0 Å². The molecule has 102 valence electrons. The minimum absolute atomic E-state index is 0.261. The summed E-state index contributed by atoms with van der Waals surface area (Å²) in [5.41, 5.74) is 1.14. The Balaban J connectivity index is 2.27. The van der Waals surface area contributed by atoms with E-state index in [-0.39, 0.29) is 6.79 Å². The van der Waals surface area contributed by atoms with Gasteiger partial charge < -0.3 is 19.3 Å². The van der Waals surface area contributed by atoms with Crippen molar-refractivity contribution in [3.8, 4) is 0 Å². The largest absolute Gasteiger partial charge is 0.386 e. The van der Waals surface area contributed by atoms with Crippen molar-refractivity contribution >= 4 is 0 Å². The molecule has 0 unspecified atom stereocenters. The van der Waals surface area contributed by atoms with Crippen LogP contribution in [0.5, 0.6) is 0 Å². The molecule has 0 spiro atoms. The van der Waals surface area contributed by atoms with Crippen LogP contribution in [-0.2, 0) is 26.4 Å². The average Bonchev–Trinajstić information content (AvgIpc) is 2.33. The first-order valence-electron chi connectivity index (χ1n) is 6.00. The van der Waals surface area contributed by atoms with E-state index < -0.39 is 5.60 Å². The quantitative estimate of drug-likeness (QED) is 0.570. The fourth-order valence-electron chi connectivity index (χ4n) is 1.43. The topological polar surface area (TPSA) is 47.9 Å². The monoisotopic (exact) mass is 254 g/mol. The lowest BCUT2D eigenvalue weighted by molar-refractivity contribution is -0.0725. The fraction of sp³-hybridized carbons (Fsp3) is 0.571. The van der Waals surface area contributed by atoms with Gasteiger partial charge in [-0.2, -0.15) is 0 Å². The van der Waals surface area contributed by atoms with Crippen LogP contribution in [0.2, 0.25) is 0 Å². The highest BCUT2D eigenvalue weighted by Gasteiger charge is 2.14. The number of hydrogen-bond donors (Lipinski definition) is 1. The van der Waals surface area contributed by atoms with E-state index in [0.29, 0.717) is 19.8 Å². The van der Waals surface area contributed by atoms with Gasteiger partial charge in [0.15, 0.2) is 0 Å². The van der Waals surface area contributed by atoms with Crippen LogP contribution in [0.15, 0.2) is 24.3 Å². The van der Waals surface area contributed by atoms with E-state index in [1.165, 1.54) is 0 Å². The summed E-state index contributed by atoms with van der Waals surface area (Å²) >= 11 is 0. The zero-order chi connectivity index (χ0) is 13.4. The summed E-state index contributed by atoms with van der Waals surface area (Å²) in [7, 11) is 1.63. The van der Waals surface area contributed by atoms with Gasteiger partial charge in [0.1, 0.15) is 6.79 Å². The third-order valence-corrected chi connectivity index (χ3v) is 2.53. The number of methoxy groups -OCH3 is 1. The second kappa shape index (κ2) is 7.48. The Bertz CT molecular complexity index is 327. The van der Waals surface area contributed by atoms with E-state index >= 15 is 0 Å². The maximum absolute atomic E-state index is 9.81. The Hall–Kier alpha value is -0.940. The van der Waals surface area contributed by atoms with Crippen LogP contribution in [0.4, 0.5) is 0 Å². The van der Waals surface area contributed by atoms with Crippen LogP contribution in [0.1, 0.15) is 25.0 Å². The van der Waals surface area contributed by atoms with Crippen LogP contribution in [0.25, 0.3) is 0 Å². The molecule has 0 aliphatic carbocycles. The Morgan fingerprint density at radius 3 is 2.28 bits per heavy atom. The molecule has 0 heterocycles. The first-order chi connectivity index (χ1) is 8.54. The minimum atomic E-state index is -0.803. The molecule has 0 bridgehead atoms. The summed E-state index contributed by atoms with van der Waals surface area (Å²) in [5, 5.41) is 9.81. The van der Waals surface area contributed by atoms with Crippen molar-refractivity contribution in [2.75, 3.05) is 27.1 Å². The second-order valence-electron chi connectivity index (χ2n) is 4.62. The highest BCUT2D eigenvalue weighted by molar-refractivity contribution is 5.25. The predicted molar refractivity (Wildman–Crippen MR) is 69.2 cm³/mol. The fourth-order valence-corrected chi connectivity index (χ4v) is 1.43. The number of benzene rings is 1. The lowest BCUT2D eigenvalue weighted by atomic mass is 9.97. The molecule has 4 heteroatoms. The van der Waals surface area contributed by atoms with Crippen molar-refractivity contribution in [1.82, 2.24) is 0 Å². The van der Waals surface area contributed by atoms with Crippen molar-refractivity contribution < 1.29 is 19.3 Å². The lowest BCUT2D eigenvalue weighted by Gasteiger charge is -2.17. The van der Waals surface area contributed by atoms with E-state index in [9.17, 15) is 5.11 Å². The molecule has 0 radical (unpaired) electrons. The second-order valence-corrected chi connectivity index (χ2v) is 4.62. The Labute approximate surface area is 108 Å². The highest BCUT2D eigenvalue weighted by Crippen LogP contribution is 2.19. The molecule has 0 amide bonds. The molecule has 0 aliphatic rings. The van der Waals surface area contributed by atoms with Gasteiger partial charge in [0.25, 0.3) is 0 Å². The number of ether oxygens (including phenoxy) is 3. The Morgan fingerprint density at radius 2 is 1.72 bits per heavy atom. The summed E-state index contributed by atoms with van der Waals surface area (Å²) in [4.78, 5) is 0. The number of hydrogen-bond acceptors (Lipinski definition) is 4. The van der Waals surface area contributed by atoms with Gasteiger partial charge >= 0.3 is 0 Å². The lowest BCUT2D eigenvalue weighted by Crippen LogP contribution is -2.15. The molecule has 0 fully saturated rings. The molecule has 4 nitrogen and oxygen atoms in total. The zero-order valence-corrected chi connectivity index (χ0v) is 11.3. The van der Waals surface area contributed by atoms with Crippen molar-refractivity contribution in [2.45, 2.75) is 26.1 Å². The third-order valence-electron chi connectivity index (χ3n) is 2.53. The number of aliphatic hydroxyl groups is 1. The predicted octanol–water partition coefficient (Wildman–Crippen LogP) is 2.05. The summed E-state index contributed by atoms with van der Waals surface area (Å²) in [5.74, 6) is 0. The SMILES string of the molecule is COCCOCOCc1ccc(C(C)(C)O)cc1. The van der Waals surface area contributed by atoms with E-state index in [1.807, 2.05) is 24.3 Å². The molecule has 1 aromatic carbocycles. The molecule has 1 N–H and O–H groups in total. The van der Waals surface area contributed by atoms with Gasteiger partial charge in [-0.3, -0.25) is 0 Å². The summed E-state index contributed by atoms with van der Waals surface area (Å²) in [6, 6.07) is 7.71. The molecule has 1 rings (SSSR count). The van der Waals surface area contributed by atoms with Crippen LogP contribution in [0, 0.1) is 0 Å². The first kappa shape index (κ1) is 15.1. The number of rotatable bonds is 8. The normalized spacial score (nSPS) is 11.8.